The molecule has 0 radical (unpaired) electrons. The number of hydrogen-bond donors (Lipinski definition) is 1. The van der Waals surface area contributed by atoms with E-state index < -0.39 is 0 Å². The number of thioether (sulfide) groups is 1. The van der Waals surface area contributed by atoms with E-state index in [1.807, 2.05) is 24.2 Å². The van der Waals surface area contributed by atoms with Gasteiger partial charge in [0.15, 0.2) is 0 Å². The molecule has 1 N–H and O–H groups in total. The van der Waals surface area contributed by atoms with E-state index in [-0.39, 0.29) is 0 Å². The highest BCUT2D eigenvalue weighted by molar-refractivity contribution is 7.98. The zero-order valence-corrected chi connectivity index (χ0v) is 11.6. The Morgan fingerprint density at radius 1 is 1.06 bits per heavy atom. The Morgan fingerprint density at radius 2 is 1.82 bits per heavy atom. The maximum atomic E-state index is 4.02. The van der Waals surface area contributed by atoms with Gasteiger partial charge >= 0.3 is 0 Å². The van der Waals surface area contributed by atoms with Crippen molar-refractivity contribution in [2.24, 2.45) is 0 Å². The van der Waals surface area contributed by atoms with Gasteiger partial charge in [-0.2, -0.15) is 11.8 Å². The first-order valence-corrected chi connectivity index (χ1v) is 7.91. The molecule has 0 unspecified atom stereocenters. The molecule has 17 heavy (non-hydrogen) atoms. The van der Waals surface area contributed by atoms with Crippen molar-refractivity contribution in [2.75, 3.05) is 25.1 Å². The van der Waals surface area contributed by atoms with Crippen molar-refractivity contribution in [2.45, 2.75) is 32.1 Å². The molecule has 0 fully saturated rings. The smallest absolute Gasteiger partial charge is 0.0270 e. The summed E-state index contributed by atoms with van der Waals surface area (Å²) in [6.07, 6.45) is 12.4. The van der Waals surface area contributed by atoms with Gasteiger partial charge in [-0.1, -0.05) is 12.8 Å². The van der Waals surface area contributed by atoms with Gasteiger partial charge in [0.25, 0.3) is 0 Å². The van der Waals surface area contributed by atoms with Crippen LogP contribution < -0.4 is 5.32 Å². The van der Waals surface area contributed by atoms with Crippen LogP contribution in [0.15, 0.2) is 24.5 Å². The van der Waals surface area contributed by atoms with Crippen LogP contribution in [0.1, 0.15) is 31.2 Å². The van der Waals surface area contributed by atoms with Crippen LogP contribution in [0, 0.1) is 0 Å². The van der Waals surface area contributed by atoms with E-state index in [1.165, 1.54) is 37.0 Å². The summed E-state index contributed by atoms with van der Waals surface area (Å²) in [6.45, 7) is 2.24. The number of pyridine rings is 1. The van der Waals surface area contributed by atoms with Crippen LogP contribution in [0.3, 0.4) is 0 Å². The molecule has 3 heteroatoms. The SMILES string of the molecule is CSCCCCCCNCCc1ccncc1. The molecule has 0 saturated heterocycles. The first-order chi connectivity index (χ1) is 8.43. The second-order valence-corrected chi connectivity index (χ2v) is 5.25. The monoisotopic (exact) mass is 252 g/mol. The molecular weight excluding hydrogens is 228 g/mol. The molecule has 0 saturated carbocycles. The molecule has 0 amide bonds. The highest BCUT2D eigenvalue weighted by Gasteiger charge is 1.92. The van der Waals surface area contributed by atoms with E-state index >= 15 is 0 Å². The molecule has 0 aliphatic heterocycles. The molecule has 0 spiro atoms. The lowest BCUT2D eigenvalue weighted by Crippen LogP contribution is -2.18. The first kappa shape index (κ1) is 14.5. The summed E-state index contributed by atoms with van der Waals surface area (Å²) in [5.41, 5.74) is 1.37. The minimum absolute atomic E-state index is 1.08. The maximum absolute atomic E-state index is 4.02. The lowest BCUT2D eigenvalue weighted by molar-refractivity contribution is 0.600. The minimum atomic E-state index is 1.08. The summed E-state index contributed by atoms with van der Waals surface area (Å²) in [7, 11) is 0. The van der Waals surface area contributed by atoms with Crippen LogP contribution >= 0.6 is 11.8 Å². The fraction of sp³-hybridized carbons (Fsp3) is 0.643. The molecule has 0 aliphatic rings. The molecule has 1 aromatic rings. The Kier molecular flexibility index (Phi) is 9.06. The minimum Gasteiger partial charge on any atom is -0.316 e. The predicted molar refractivity (Wildman–Crippen MR) is 77.7 cm³/mol. The predicted octanol–water partition coefficient (Wildman–Crippen LogP) is 3.14. The standard InChI is InChI=1S/C14H24N2S/c1-17-13-5-3-2-4-9-15-10-6-14-7-11-16-12-8-14/h7-8,11-12,15H,2-6,9-10,13H2,1H3. The van der Waals surface area contributed by atoms with Gasteiger partial charge in [0.2, 0.25) is 0 Å². The average Bonchev–Trinajstić information content (AvgIpc) is 2.38. The number of nitrogens with one attached hydrogen (secondary N) is 1. The zero-order valence-electron chi connectivity index (χ0n) is 10.8. The van der Waals surface area contributed by atoms with Crippen molar-refractivity contribution in [3.8, 4) is 0 Å². The van der Waals surface area contributed by atoms with Gasteiger partial charge in [-0.3, -0.25) is 4.98 Å². The lowest BCUT2D eigenvalue weighted by atomic mass is 10.2. The van der Waals surface area contributed by atoms with Crippen LogP contribution in [0.4, 0.5) is 0 Å². The Balaban J connectivity index is 1.85. The molecule has 96 valence electrons. The topological polar surface area (TPSA) is 24.9 Å². The van der Waals surface area contributed by atoms with Crippen molar-refractivity contribution in [3.63, 3.8) is 0 Å². The third-order valence-corrected chi connectivity index (χ3v) is 3.49. The molecule has 0 aliphatic carbocycles. The summed E-state index contributed by atoms with van der Waals surface area (Å²) in [6, 6.07) is 4.17. The fourth-order valence-corrected chi connectivity index (χ4v) is 2.25. The van der Waals surface area contributed by atoms with Gasteiger partial charge in [0.1, 0.15) is 0 Å². The number of unbranched alkanes of at least 4 members (excludes halogenated alkanes) is 3. The second-order valence-electron chi connectivity index (χ2n) is 4.26. The van der Waals surface area contributed by atoms with Crippen molar-refractivity contribution in [1.82, 2.24) is 10.3 Å². The van der Waals surface area contributed by atoms with Crippen molar-refractivity contribution < 1.29 is 0 Å². The number of nitrogens with zero attached hydrogens (tertiary/aromatic N) is 1. The fourth-order valence-electron chi connectivity index (χ4n) is 1.76. The summed E-state index contributed by atoms with van der Waals surface area (Å²) < 4.78 is 0. The summed E-state index contributed by atoms with van der Waals surface area (Å²) in [5.74, 6) is 1.31. The normalized spacial score (nSPS) is 10.6. The molecule has 1 rings (SSSR count). The van der Waals surface area contributed by atoms with Crippen LogP contribution in [0.25, 0.3) is 0 Å². The van der Waals surface area contributed by atoms with Crippen molar-refractivity contribution in [1.29, 1.82) is 0 Å². The molecule has 0 atom stereocenters. The number of hydrogen-bond acceptors (Lipinski definition) is 3. The van der Waals surface area contributed by atoms with Crippen molar-refractivity contribution >= 4 is 11.8 Å². The average molecular weight is 252 g/mol. The Hall–Kier alpha value is -0.540. The molecule has 0 bridgehead atoms. The van der Waals surface area contributed by atoms with Gasteiger partial charge in [-0.15, -0.1) is 0 Å². The number of aromatic nitrogens is 1. The summed E-state index contributed by atoms with van der Waals surface area (Å²) >= 11 is 1.95. The van der Waals surface area contributed by atoms with Crippen molar-refractivity contribution in [3.05, 3.63) is 30.1 Å². The third kappa shape index (κ3) is 8.22. The van der Waals surface area contributed by atoms with E-state index in [4.69, 9.17) is 0 Å². The number of rotatable bonds is 10. The third-order valence-electron chi connectivity index (χ3n) is 2.79. The zero-order chi connectivity index (χ0) is 12.2. The first-order valence-electron chi connectivity index (χ1n) is 6.52. The molecule has 2 nitrogen and oxygen atoms in total. The Bertz CT molecular complexity index is 264. The second kappa shape index (κ2) is 10.6. The largest absolute Gasteiger partial charge is 0.316 e. The van der Waals surface area contributed by atoms with Crippen LogP contribution in [0.5, 0.6) is 0 Å². The summed E-state index contributed by atoms with van der Waals surface area (Å²) in [4.78, 5) is 4.02. The molecule has 1 heterocycles. The van der Waals surface area contributed by atoms with Gasteiger partial charge in [-0.05, 0) is 62.1 Å². The van der Waals surface area contributed by atoms with E-state index in [1.54, 1.807) is 0 Å². The lowest BCUT2D eigenvalue weighted by Gasteiger charge is -2.04. The van der Waals surface area contributed by atoms with Crippen LogP contribution in [-0.2, 0) is 6.42 Å². The van der Waals surface area contributed by atoms with Gasteiger partial charge in [-0.25, -0.2) is 0 Å². The molecular formula is C14H24N2S. The van der Waals surface area contributed by atoms with Gasteiger partial charge < -0.3 is 5.32 Å². The van der Waals surface area contributed by atoms with E-state index in [0.717, 1.165) is 19.5 Å². The Labute approximate surface area is 110 Å². The van der Waals surface area contributed by atoms with Crippen LogP contribution in [0.2, 0.25) is 0 Å². The summed E-state index contributed by atoms with van der Waals surface area (Å²) in [5, 5.41) is 3.50. The van der Waals surface area contributed by atoms with Gasteiger partial charge in [0, 0.05) is 12.4 Å². The maximum Gasteiger partial charge on any atom is 0.0270 e. The molecule has 0 aromatic carbocycles. The highest BCUT2D eigenvalue weighted by Crippen LogP contribution is 2.03. The van der Waals surface area contributed by atoms with Gasteiger partial charge in [0.05, 0.1) is 0 Å². The van der Waals surface area contributed by atoms with Crippen LogP contribution in [-0.4, -0.2) is 30.1 Å². The Morgan fingerprint density at radius 3 is 2.59 bits per heavy atom. The highest BCUT2D eigenvalue weighted by atomic mass is 32.2. The molecule has 1 aromatic heterocycles. The quantitative estimate of drug-likeness (QED) is 0.648. The van der Waals surface area contributed by atoms with E-state index in [2.05, 4.69) is 28.7 Å². The van der Waals surface area contributed by atoms with E-state index in [0.29, 0.717) is 0 Å². The van der Waals surface area contributed by atoms with E-state index in [9.17, 15) is 0 Å².